The minimum Gasteiger partial charge on any atom is -0.486 e. The summed E-state index contributed by atoms with van der Waals surface area (Å²) in [4.78, 5) is 11.5. The number of rotatable bonds is 1. The average molecular weight is 279 g/mol. The van der Waals surface area contributed by atoms with Crippen molar-refractivity contribution in [3.05, 3.63) is 11.5 Å². The second kappa shape index (κ2) is 6.88. The van der Waals surface area contributed by atoms with E-state index in [4.69, 9.17) is 9.47 Å². The first kappa shape index (κ1) is 15.0. The van der Waals surface area contributed by atoms with Crippen LogP contribution in [0.2, 0.25) is 0 Å². The van der Waals surface area contributed by atoms with Crippen LogP contribution >= 0.6 is 0 Å². The van der Waals surface area contributed by atoms with Crippen molar-refractivity contribution in [1.82, 2.24) is 9.97 Å². The molecule has 0 aromatic carbocycles. The molecule has 0 amide bonds. The Balaban J connectivity index is 0.000000704. The standard InChI is InChI=1S/C13H19N3O2.C2H6/c1-3-11-14-9(2)12-13(15-11)16-5-4-6-17-7-10(16)8-18-12;1-2/h10H,3-8H2,1-2H3;1-2H3. The van der Waals surface area contributed by atoms with E-state index in [1.165, 1.54) is 0 Å². The van der Waals surface area contributed by atoms with Gasteiger partial charge in [0.05, 0.1) is 18.3 Å². The highest BCUT2D eigenvalue weighted by molar-refractivity contribution is 5.57. The van der Waals surface area contributed by atoms with Gasteiger partial charge in [-0.2, -0.15) is 0 Å². The van der Waals surface area contributed by atoms with Crippen LogP contribution in [0.25, 0.3) is 0 Å². The van der Waals surface area contributed by atoms with Crippen LogP contribution in [0, 0.1) is 6.92 Å². The Morgan fingerprint density at radius 2 is 2.05 bits per heavy atom. The zero-order valence-electron chi connectivity index (χ0n) is 13.0. The van der Waals surface area contributed by atoms with E-state index in [9.17, 15) is 0 Å². The van der Waals surface area contributed by atoms with Gasteiger partial charge in [-0.25, -0.2) is 9.97 Å². The molecule has 1 unspecified atom stereocenters. The van der Waals surface area contributed by atoms with Crippen molar-refractivity contribution in [3.8, 4) is 5.75 Å². The minimum absolute atomic E-state index is 0.291. The zero-order chi connectivity index (χ0) is 14.5. The summed E-state index contributed by atoms with van der Waals surface area (Å²) >= 11 is 0. The topological polar surface area (TPSA) is 47.5 Å². The van der Waals surface area contributed by atoms with Gasteiger partial charge in [0.1, 0.15) is 12.4 Å². The molecule has 1 saturated heterocycles. The number of nitrogens with zero attached hydrogens (tertiary/aromatic N) is 3. The van der Waals surface area contributed by atoms with Crippen molar-refractivity contribution >= 4 is 5.82 Å². The number of aryl methyl sites for hydroxylation is 2. The smallest absolute Gasteiger partial charge is 0.183 e. The number of ether oxygens (including phenoxy) is 2. The van der Waals surface area contributed by atoms with E-state index in [0.717, 1.165) is 55.7 Å². The van der Waals surface area contributed by atoms with Crippen LogP contribution in [0.4, 0.5) is 5.82 Å². The van der Waals surface area contributed by atoms with Crippen molar-refractivity contribution in [1.29, 1.82) is 0 Å². The van der Waals surface area contributed by atoms with Gasteiger partial charge in [0.15, 0.2) is 11.6 Å². The molecular weight excluding hydrogens is 254 g/mol. The maximum absolute atomic E-state index is 5.83. The number of fused-ring (bicyclic) bond motifs is 3. The molecule has 112 valence electrons. The van der Waals surface area contributed by atoms with Gasteiger partial charge < -0.3 is 14.4 Å². The van der Waals surface area contributed by atoms with Crippen LogP contribution in [0.15, 0.2) is 0 Å². The molecule has 0 radical (unpaired) electrons. The fourth-order valence-electron chi connectivity index (χ4n) is 2.55. The SMILES string of the molecule is CC.CCc1nc(C)c2c(n1)N1CCCOCC1CO2. The van der Waals surface area contributed by atoms with E-state index < -0.39 is 0 Å². The number of aromatic nitrogens is 2. The van der Waals surface area contributed by atoms with Gasteiger partial charge in [-0.3, -0.25) is 0 Å². The molecule has 3 rings (SSSR count). The highest BCUT2D eigenvalue weighted by atomic mass is 16.5. The summed E-state index contributed by atoms with van der Waals surface area (Å²) in [6, 6.07) is 0.291. The van der Waals surface area contributed by atoms with E-state index in [2.05, 4.69) is 21.8 Å². The molecule has 0 bridgehead atoms. The summed E-state index contributed by atoms with van der Waals surface area (Å²) in [7, 11) is 0. The summed E-state index contributed by atoms with van der Waals surface area (Å²) in [6.45, 7) is 11.3. The Kier molecular flexibility index (Phi) is 5.17. The molecule has 1 atom stereocenters. The van der Waals surface area contributed by atoms with Crippen molar-refractivity contribution < 1.29 is 9.47 Å². The van der Waals surface area contributed by atoms with E-state index in [0.29, 0.717) is 12.6 Å². The molecular formula is C15H25N3O2. The number of anilines is 1. The highest BCUT2D eigenvalue weighted by Gasteiger charge is 2.32. The normalized spacial score (nSPS) is 20.8. The highest BCUT2D eigenvalue weighted by Crippen LogP contribution is 2.35. The van der Waals surface area contributed by atoms with E-state index in [-0.39, 0.29) is 0 Å². The van der Waals surface area contributed by atoms with Crippen LogP contribution in [0.3, 0.4) is 0 Å². The molecule has 1 aromatic heterocycles. The van der Waals surface area contributed by atoms with Gasteiger partial charge in [0, 0.05) is 19.6 Å². The van der Waals surface area contributed by atoms with Crippen LogP contribution in [0.1, 0.15) is 38.7 Å². The van der Waals surface area contributed by atoms with Gasteiger partial charge in [-0.15, -0.1) is 0 Å². The van der Waals surface area contributed by atoms with Gasteiger partial charge in [-0.05, 0) is 13.3 Å². The van der Waals surface area contributed by atoms with Gasteiger partial charge >= 0.3 is 0 Å². The second-order valence-electron chi connectivity index (χ2n) is 4.82. The molecule has 20 heavy (non-hydrogen) atoms. The maximum Gasteiger partial charge on any atom is 0.183 e. The summed E-state index contributed by atoms with van der Waals surface area (Å²) in [6.07, 6.45) is 1.89. The largest absolute Gasteiger partial charge is 0.486 e. The van der Waals surface area contributed by atoms with Gasteiger partial charge in [0.2, 0.25) is 0 Å². The lowest BCUT2D eigenvalue weighted by Crippen LogP contribution is -2.45. The summed E-state index contributed by atoms with van der Waals surface area (Å²) in [5, 5.41) is 0. The van der Waals surface area contributed by atoms with Crippen LogP contribution in [-0.4, -0.2) is 42.4 Å². The molecule has 0 aliphatic carbocycles. The van der Waals surface area contributed by atoms with Crippen molar-refractivity contribution in [2.75, 3.05) is 31.3 Å². The molecule has 3 heterocycles. The van der Waals surface area contributed by atoms with Crippen LogP contribution in [-0.2, 0) is 11.2 Å². The van der Waals surface area contributed by atoms with Crippen molar-refractivity contribution in [2.24, 2.45) is 0 Å². The fraction of sp³-hybridized carbons (Fsp3) is 0.733. The first-order chi connectivity index (χ1) is 9.79. The molecule has 5 heteroatoms. The first-order valence-electron chi connectivity index (χ1n) is 7.64. The molecule has 5 nitrogen and oxygen atoms in total. The molecule has 0 spiro atoms. The minimum atomic E-state index is 0.291. The average Bonchev–Trinajstić information content (AvgIpc) is 2.74. The Morgan fingerprint density at radius 1 is 1.25 bits per heavy atom. The molecule has 0 saturated carbocycles. The molecule has 2 aliphatic rings. The lowest BCUT2D eigenvalue weighted by molar-refractivity contribution is 0.114. The Hall–Kier alpha value is -1.36. The predicted octanol–water partition coefficient (Wildman–Crippen LogP) is 2.36. The first-order valence-corrected chi connectivity index (χ1v) is 7.64. The Labute approximate surface area is 121 Å². The van der Waals surface area contributed by atoms with E-state index >= 15 is 0 Å². The monoisotopic (exact) mass is 279 g/mol. The number of hydrogen-bond donors (Lipinski definition) is 0. The summed E-state index contributed by atoms with van der Waals surface area (Å²) < 4.78 is 11.4. The molecule has 1 fully saturated rings. The Bertz CT molecular complexity index is 451. The predicted molar refractivity (Wildman–Crippen MR) is 79.6 cm³/mol. The summed E-state index contributed by atoms with van der Waals surface area (Å²) in [5.74, 6) is 2.70. The lowest BCUT2D eigenvalue weighted by atomic mass is 10.2. The van der Waals surface area contributed by atoms with Crippen molar-refractivity contribution in [3.63, 3.8) is 0 Å². The van der Waals surface area contributed by atoms with Crippen LogP contribution < -0.4 is 9.64 Å². The quantitative estimate of drug-likeness (QED) is 0.790. The van der Waals surface area contributed by atoms with E-state index in [1.807, 2.05) is 20.8 Å². The third kappa shape index (κ3) is 2.87. The fourth-order valence-corrected chi connectivity index (χ4v) is 2.55. The molecule has 1 aromatic rings. The molecule has 2 aliphatic heterocycles. The lowest BCUT2D eigenvalue weighted by Gasteiger charge is -2.36. The van der Waals surface area contributed by atoms with Gasteiger partial charge in [-0.1, -0.05) is 20.8 Å². The second-order valence-corrected chi connectivity index (χ2v) is 4.82. The van der Waals surface area contributed by atoms with Crippen LogP contribution in [0.5, 0.6) is 5.75 Å². The third-order valence-corrected chi connectivity index (χ3v) is 3.51. The van der Waals surface area contributed by atoms with Crippen molar-refractivity contribution in [2.45, 2.75) is 46.6 Å². The van der Waals surface area contributed by atoms with Gasteiger partial charge in [0.25, 0.3) is 0 Å². The van der Waals surface area contributed by atoms with E-state index in [1.54, 1.807) is 0 Å². The Morgan fingerprint density at radius 3 is 2.80 bits per heavy atom. The summed E-state index contributed by atoms with van der Waals surface area (Å²) in [5.41, 5.74) is 0.945. The third-order valence-electron chi connectivity index (χ3n) is 3.51. The zero-order valence-corrected chi connectivity index (χ0v) is 13.0. The molecule has 0 N–H and O–H groups in total. The maximum atomic E-state index is 5.83. The number of hydrogen-bond acceptors (Lipinski definition) is 5.